The van der Waals surface area contributed by atoms with E-state index in [4.69, 9.17) is 23.2 Å². The van der Waals surface area contributed by atoms with E-state index < -0.39 is 0 Å². The molecule has 0 atom stereocenters. The van der Waals surface area contributed by atoms with Gasteiger partial charge in [-0.2, -0.15) is 0 Å². The van der Waals surface area contributed by atoms with Crippen molar-refractivity contribution in [3.05, 3.63) is 63.6 Å². The zero-order valence-electron chi connectivity index (χ0n) is 13.6. The number of benzene rings is 2. The average Bonchev–Trinajstić information content (AvgIpc) is 2.61. The molecule has 0 aromatic heterocycles. The molecule has 1 aliphatic heterocycles. The van der Waals surface area contributed by atoms with Crippen molar-refractivity contribution in [1.82, 2.24) is 4.90 Å². The van der Waals surface area contributed by atoms with E-state index in [1.54, 1.807) is 42.5 Å². The first-order chi connectivity index (χ1) is 12.0. The van der Waals surface area contributed by atoms with Crippen LogP contribution in [0.3, 0.4) is 0 Å². The van der Waals surface area contributed by atoms with Crippen LogP contribution in [-0.2, 0) is 0 Å². The number of nitrogens with one attached hydrogen (secondary N) is 1. The normalized spacial score (nSPS) is 14.2. The first-order valence-electron chi connectivity index (χ1n) is 8.20. The van der Waals surface area contributed by atoms with Crippen LogP contribution in [0.4, 0.5) is 5.69 Å². The number of carbonyl (C=O) groups excluding carboxylic acids is 2. The lowest BCUT2D eigenvalue weighted by atomic mass is 10.1. The molecule has 0 unspecified atom stereocenters. The Morgan fingerprint density at radius 2 is 1.56 bits per heavy atom. The van der Waals surface area contributed by atoms with Crippen LogP contribution in [0.5, 0.6) is 0 Å². The van der Waals surface area contributed by atoms with Crippen molar-refractivity contribution in [3.8, 4) is 0 Å². The van der Waals surface area contributed by atoms with E-state index in [-0.39, 0.29) is 11.8 Å². The van der Waals surface area contributed by atoms with Gasteiger partial charge in [-0.1, -0.05) is 29.3 Å². The van der Waals surface area contributed by atoms with E-state index in [9.17, 15) is 9.59 Å². The Kier molecular flexibility index (Phi) is 5.61. The molecule has 1 heterocycles. The van der Waals surface area contributed by atoms with Gasteiger partial charge in [-0.25, -0.2) is 0 Å². The summed E-state index contributed by atoms with van der Waals surface area (Å²) >= 11 is 11.9. The number of hydrogen-bond acceptors (Lipinski definition) is 2. The fraction of sp³-hybridized carbons (Fsp3) is 0.263. The second-order valence-corrected chi connectivity index (χ2v) is 6.92. The van der Waals surface area contributed by atoms with Gasteiger partial charge >= 0.3 is 0 Å². The molecule has 1 fully saturated rings. The molecule has 0 saturated carbocycles. The first-order valence-corrected chi connectivity index (χ1v) is 8.95. The van der Waals surface area contributed by atoms with Crippen LogP contribution < -0.4 is 5.32 Å². The van der Waals surface area contributed by atoms with E-state index in [0.717, 1.165) is 25.9 Å². The lowest BCUT2D eigenvalue weighted by molar-refractivity contribution is 0.0724. The number of amides is 2. The summed E-state index contributed by atoms with van der Waals surface area (Å²) < 4.78 is 0. The summed E-state index contributed by atoms with van der Waals surface area (Å²) in [7, 11) is 0. The summed E-state index contributed by atoms with van der Waals surface area (Å²) in [6.07, 6.45) is 3.25. The molecule has 1 N–H and O–H groups in total. The third-order valence-corrected chi connectivity index (χ3v) is 4.57. The predicted molar refractivity (Wildman–Crippen MR) is 101 cm³/mol. The molecule has 130 valence electrons. The smallest absolute Gasteiger partial charge is 0.255 e. The largest absolute Gasteiger partial charge is 0.339 e. The van der Waals surface area contributed by atoms with E-state index in [2.05, 4.69) is 5.32 Å². The lowest BCUT2D eigenvalue weighted by Crippen LogP contribution is -2.35. The van der Waals surface area contributed by atoms with Gasteiger partial charge in [0.25, 0.3) is 11.8 Å². The number of hydrogen-bond donors (Lipinski definition) is 1. The summed E-state index contributed by atoms with van der Waals surface area (Å²) in [4.78, 5) is 26.8. The molecule has 0 aliphatic carbocycles. The molecule has 0 radical (unpaired) electrons. The van der Waals surface area contributed by atoms with Crippen LogP contribution in [0.2, 0.25) is 10.0 Å². The SMILES string of the molecule is O=C(Nc1cccc(C(=O)N2CCCCC2)c1)c1cc(Cl)cc(Cl)c1. The summed E-state index contributed by atoms with van der Waals surface area (Å²) in [5, 5.41) is 3.57. The second kappa shape index (κ2) is 7.89. The van der Waals surface area contributed by atoms with Gasteiger partial charge in [-0.3, -0.25) is 9.59 Å². The van der Waals surface area contributed by atoms with Crippen LogP contribution in [0.15, 0.2) is 42.5 Å². The molecule has 25 heavy (non-hydrogen) atoms. The minimum Gasteiger partial charge on any atom is -0.339 e. The van der Waals surface area contributed by atoms with Gasteiger partial charge in [-0.05, 0) is 55.7 Å². The van der Waals surface area contributed by atoms with E-state index in [1.165, 1.54) is 6.42 Å². The quantitative estimate of drug-likeness (QED) is 0.830. The average molecular weight is 377 g/mol. The van der Waals surface area contributed by atoms with Crippen molar-refractivity contribution in [2.75, 3.05) is 18.4 Å². The van der Waals surface area contributed by atoms with Crippen molar-refractivity contribution < 1.29 is 9.59 Å². The van der Waals surface area contributed by atoms with Crippen molar-refractivity contribution >= 4 is 40.7 Å². The van der Waals surface area contributed by atoms with Gasteiger partial charge in [-0.15, -0.1) is 0 Å². The zero-order chi connectivity index (χ0) is 17.8. The van der Waals surface area contributed by atoms with Crippen LogP contribution in [0.1, 0.15) is 40.0 Å². The number of piperidine rings is 1. The summed E-state index contributed by atoms with van der Waals surface area (Å²) in [6, 6.07) is 11.6. The number of carbonyl (C=O) groups is 2. The highest BCUT2D eigenvalue weighted by Gasteiger charge is 2.18. The minimum atomic E-state index is -0.327. The van der Waals surface area contributed by atoms with Gasteiger partial charge in [0.1, 0.15) is 0 Å². The lowest BCUT2D eigenvalue weighted by Gasteiger charge is -2.26. The maximum Gasteiger partial charge on any atom is 0.255 e. The standard InChI is InChI=1S/C19H18Cl2N2O2/c20-15-9-14(10-16(21)12-15)18(24)22-17-6-4-5-13(11-17)19(25)23-7-2-1-3-8-23/h4-6,9-12H,1-3,7-8H2,(H,22,24). The molecule has 1 saturated heterocycles. The van der Waals surface area contributed by atoms with Crippen LogP contribution in [0.25, 0.3) is 0 Å². The number of nitrogens with zero attached hydrogens (tertiary/aromatic N) is 1. The third kappa shape index (κ3) is 4.53. The van der Waals surface area contributed by atoms with Gasteiger partial charge in [0, 0.05) is 39.9 Å². The fourth-order valence-corrected chi connectivity index (χ4v) is 3.42. The number of anilines is 1. The molecule has 2 amide bonds. The predicted octanol–water partition coefficient (Wildman–Crippen LogP) is 4.87. The summed E-state index contributed by atoms with van der Waals surface area (Å²) in [6.45, 7) is 1.58. The van der Waals surface area contributed by atoms with Gasteiger partial charge in [0.05, 0.1) is 0 Å². The van der Waals surface area contributed by atoms with Gasteiger partial charge in [0.2, 0.25) is 0 Å². The van der Waals surface area contributed by atoms with Crippen molar-refractivity contribution in [2.24, 2.45) is 0 Å². The maximum absolute atomic E-state index is 12.6. The Balaban J connectivity index is 1.74. The van der Waals surface area contributed by atoms with E-state index in [0.29, 0.717) is 26.9 Å². The number of halogens is 2. The molecule has 2 aromatic carbocycles. The van der Waals surface area contributed by atoms with Crippen molar-refractivity contribution in [1.29, 1.82) is 0 Å². The van der Waals surface area contributed by atoms with Crippen LogP contribution in [-0.4, -0.2) is 29.8 Å². The second-order valence-electron chi connectivity index (χ2n) is 6.05. The summed E-state index contributed by atoms with van der Waals surface area (Å²) in [5.74, 6) is -0.325. The van der Waals surface area contributed by atoms with E-state index in [1.807, 2.05) is 4.90 Å². The van der Waals surface area contributed by atoms with Crippen molar-refractivity contribution in [3.63, 3.8) is 0 Å². The highest BCUT2D eigenvalue weighted by molar-refractivity contribution is 6.35. The van der Waals surface area contributed by atoms with Crippen LogP contribution in [0, 0.1) is 0 Å². The molecule has 2 aromatic rings. The topological polar surface area (TPSA) is 49.4 Å². The van der Waals surface area contributed by atoms with E-state index >= 15 is 0 Å². The molecule has 6 heteroatoms. The zero-order valence-corrected chi connectivity index (χ0v) is 15.1. The Morgan fingerprint density at radius 1 is 0.880 bits per heavy atom. The van der Waals surface area contributed by atoms with Crippen LogP contribution >= 0.6 is 23.2 Å². The molecular weight excluding hydrogens is 359 g/mol. The van der Waals surface area contributed by atoms with Gasteiger partial charge in [0.15, 0.2) is 0 Å². The molecule has 0 spiro atoms. The highest BCUT2D eigenvalue weighted by atomic mass is 35.5. The Labute approximate surface area is 156 Å². The molecule has 3 rings (SSSR count). The molecule has 0 bridgehead atoms. The first kappa shape index (κ1) is 17.8. The Morgan fingerprint density at radius 3 is 2.24 bits per heavy atom. The maximum atomic E-state index is 12.6. The number of likely N-dealkylation sites (tertiary alicyclic amines) is 1. The molecule has 4 nitrogen and oxygen atoms in total. The monoisotopic (exact) mass is 376 g/mol. The number of rotatable bonds is 3. The van der Waals surface area contributed by atoms with Gasteiger partial charge < -0.3 is 10.2 Å². The minimum absolute atomic E-state index is 0.00148. The Hall–Kier alpha value is -2.04. The van der Waals surface area contributed by atoms with Crippen molar-refractivity contribution in [2.45, 2.75) is 19.3 Å². The Bertz CT molecular complexity index is 782. The molecule has 1 aliphatic rings. The fourth-order valence-electron chi connectivity index (χ4n) is 2.90. The summed E-state index contributed by atoms with van der Waals surface area (Å²) in [5.41, 5.74) is 1.50. The molecular formula is C19H18Cl2N2O2. The third-order valence-electron chi connectivity index (χ3n) is 4.14. The highest BCUT2D eigenvalue weighted by Crippen LogP contribution is 2.21.